The van der Waals surface area contributed by atoms with Crippen LogP contribution in [-0.4, -0.2) is 30.0 Å². The highest BCUT2D eigenvalue weighted by atomic mass is 32.2. The summed E-state index contributed by atoms with van der Waals surface area (Å²) in [5.41, 5.74) is -0.183. The van der Waals surface area contributed by atoms with Crippen molar-refractivity contribution in [2.45, 2.75) is 13.3 Å². The lowest BCUT2D eigenvalue weighted by atomic mass is 10.1. The summed E-state index contributed by atoms with van der Waals surface area (Å²) in [7, 11) is -3.86. The molecule has 11 heteroatoms. The fraction of sp³-hybridized carbons (Fsp3) is 0.130. The van der Waals surface area contributed by atoms with Gasteiger partial charge in [0.05, 0.1) is 23.3 Å². The number of benzene rings is 2. The summed E-state index contributed by atoms with van der Waals surface area (Å²) in [6, 6.07) is 9.30. The molecule has 7 nitrogen and oxygen atoms in total. The minimum Gasteiger partial charge on any atom is -0.346 e. The number of halogens is 3. The van der Waals surface area contributed by atoms with E-state index in [-0.39, 0.29) is 17.9 Å². The van der Waals surface area contributed by atoms with E-state index in [0.29, 0.717) is 22.2 Å². The molecule has 0 spiro atoms. The van der Waals surface area contributed by atoms with Gasteiger partial charge in [0.2, 0.25) is 10.0 Å². The summed E-state index contributed by atoms with van der Waals surface area (Å²) < 4.78 is 69.5. The Morgan fingerprint density at radius 1 is 1.06 bits per heavy atom. The number of rotatable bonds is 7. The quantitative estimate of drug-likeness (QED) is 0.339. The van der Waals surface area contributed by atoms with Crippen LogP contribution in [-0.2, 0) is 10.0 Å². The fourth-order valence-corrected chi connectivity index (χ4v) is 4.63. The molecule has 3 N–H and O–H groups in total. The summed E-state index contributed by atoms with van der Waals surface area (Å²) in [4.78, 5) is 19.8. The smallest absolute Gasteiger partial charge is 0.261 e. The first-order chi connectivity index (χ1) is 16.2. The number of fused-ring (bicyclic) bond motifs is 1. The van der Waals surface area contributed by atoms with Crippen molar-refractivity contribution in [2.75, 3.05) is 15.8 Å². The lowest BCUT2D eigenvalue weighted by Crippen LogP contribution is -2.20. The van der Waals surface area contributed by atoms with Crippen LogP contribution in [0.25, 0.3) is 22.2 Å². The highest BCUT2D eigenvalue weighted by molar-refractivity contribution is 7.92. The van der Waals surface area contributed by atoms with Crippen molar-refractivity contribution in [1.82, 2.24) is 9.97 Å². The maximum absolute atomic E-state index is 14.9. The highest BCUT2D eigenvalue weighted by Crippen LogP contribution is 2.31. The second-order valence-electron chi connectivity index (χ2n) is 7.46. The van der Waals surface area contributed by atoms with E-state index >= 15 is 0 Å². The van der Waals surface area contributed by atoms with Crippen LogP contribution in [0, 0.1) is 17.5 Å². The Kier molecular flexibility index (Phi) is 6.29. The fourth-order valence-electron chi connectivity index (χ4n) is 3.49. The Balaban J connectivity index is 1.67. The van der Waals surface area contributed by atoms with Crippen LogP contribution in [0.1, 0.15) is 23.7 Å². The molecule has 2 heterocycles. The second-order valence-corrected chi connectivity index (χ2v) is 9.30. The number of aromatic amines is 1. The number of aromatic nitrogens is 2. The van der Waals surface area contributed by atoms with Crippen LogP contribution in [0.5, 0.6) is 0 Å². The maximum Gasteiger partial charge on any atom is 0.261 e. The Hall–Kier alpha value is -3.86. The van der Waals surface area contributed by atoms with Crippen molar-refractivity contribution < 1.29 is 26.4 Å². The molecule has 4 aromatic rings. The number of hydrogen-bond acceptors (Lipinski definition) is 4. The highest BCUT2D eigenvalue weighted by Gasteiger charge is 2.23. The molecule has 4 rings (SSSR count). The first-order valence-corrected chi connectivity index (χ1v) is 11.9. The van der Waals surface area contributed by atoms with Crippen molar-refractivity contribution in [2.24, 2.45) is 0 Å². The number of sulfonamides is 1. The largest absolute Gasteiger partial charge is 0.346 e. The third kappa shape index (κ3) is 4.60. The van der Waals surface area contributed by atoms with Gasteiger partial charge in [0.25, 0.3) is 5.91 Å². The predicted octanol–water partition coefficient (Wildman–Crippen LogP) is 5.05. The number of anilines is 2. The third-order valence-electron chi connectivity index (χ3n) is 5.01. The summed E-state index contributed by atoms with van der Waals surface area (Å²) in [5, 5.41) is 2.84. The molecular weight excluding hydrogens is 469 g/mol. The lowest BCUT2D eigenvalue weighted by Gasteiger charge is -2.12. The number of carbonyl (C=O) groups is 1. The van der Waals surface area contributed by atoms with E-state index in [0.717, 1.165) is 12.1 Å². The van der Waals surface area contributed by atoms with Gasteiger partial charge >= 0.3 is 0 Å². The molecule has 0 aliphatic heterocycles. The molecule has 0 fully saturated rings. The Labute approximate surface area is 193 Å². The molecule has 176 valence electrons. The number of amides is 1. The molecule has 0 saturated carbocycles. The van der Waals surface area contributed by atoms with Gasteiger partial charge in [-0.3, -0.25) is 9.52 Å². The first-order valence-electron chi connectivity index (χ1n) is 10.2. The summed E-state index contributed by atoms with van der Waals surface area (Å²) in [5.74, 6) is -4.38. The van der Waals surface area contributed by atoms with Gasteiger partial charge in [-0.15, -0.1) is 0 Å². The molecule has 0 unspecified atom stereocenters. The van der Waals surface area contributed by atoms with Crippen molar-refractivity contribution in [3.05, 3.63) is 77.9 Å². The van der Waals surface area contributed by atoms with Gasteiger partial charge < -0.3 is 10.3 Å². The van der Waals surface area contributed by atoms with Crippen LogP contribution < -0.4 is 10.0 Å². The number of carbonyl (C=O) groups excluding carboxylic acids is 1. The average Bonchev–Trinajstić information content (AvgIpc) is 3.19. The summed E-state index contributed by atoms with van der Waals surface area (Å²) in [6.07, 6.45) is 3.12. The SMILES string of the molecule is CCCS(=O)(=O)Nc1ccc(F)c(C(=O)Nc2cnc3[nH]cc(-c4ccccc4F)c3c2)c1F. The molecule has 0 aliphatic carbocycles. The van der Waals surface area contributed by atoms with E-state index in [4.69, 9.17) is 0 Å². The van der Waals surface area contributed by atoms with Gasteiger partial charge in [-0.05, 0) is 30.7 Å². The van der Waals surface area contributed by atoms with Crippen LogP contribution in [0.2, 0.25) is 0 Å². The van der Waals surface area contributed by atoms with Crippen LogP contribution in [0.15, 0.2) is 54.9 Å². The molecule has 0 atom stereocenters. The first kappa shape index (κ1) is 23.3. The van der Waals surface area contributed by atoms with E-state index in [1.54, 1.807) is 31.3 Å². The van der Waals surface area contributed by atoms with Gasteiger partial charge in [-0.25, -0.2) is 26.6 Å². The summed E-state index contributed by atoms with van der Waals surface area (Å²) >= 11 is 0. The monoisotopic (exact) mass is 488 g/mol. The second kappa shape index (κ2) is 9.18. The molecule has 2 aromatic carbocycles. The molecule has 0 radical (unpaired) electrons. The molecule has 34 heavy (non-hydrogen) atoms. The molecule has 0 saturated heterocycles. The standard InChI is InChI=1S/C23H19F3N4O3S/c1-2-9-34(32,33)30-19-8-7-18(25)20(21(19)26)23(31)29-13-10-15-16(12-28-22(15)27-11-13)14-5-3-4-6-17(14)24/h3-8,10-12,30H,2,9H2,1H3,(H,27,28)(H,29,31). The zero-order valence-corrected chi connectivity index (χ0v) is 18.6. The predicted molar refractivity (Wildman–Crippen MR) is 123 cm³/mol. The van der Waals surface area contributed by atoms with Gasteiger partial charge in [0.15, 0.2) is 5.82 Å². The summed E-state index contributed by atoms with van der Waals surface area (Å²) in [6.45, 7) is 1.63. The van der Waals surface area contributed by atoms with Gasteiger partial charge in [0, 0.05) is 22.7 Å². The van der Waals surface area contributed by atoms with Crippen molar-refractivity contribution in [3.63, 3.8) is 0 Å². The number of pyridine rings is 1. The molecule has 1 amide bonds. The number of nitrogens with one attached hydrogen (secondary N) is 3. The van der Waals surface area contributed by atoms with Gasteiger partial charge in [-0.1, -0.05) is 25.1 Å². The van der Waals surface area contributed by atoms with E-state index in [9.17, 15) is 26.4 Å². The Morgan fingerprint density at radius 3 is 2.56 bits per heavy atom. The zero-order chi connectivity index (χ0) is 24.5. The maximum atomic E-state index is 14.9. The average molecular weight is 488 g/mol. The molecular formula is C23H19F3N4O3S. The minimum atomic E-state index is -3.86. The van der Waals surface area contributed by atoms with E-state index in [2.05, 4.69) is 15.3 Å². The normalized spacial score (nSPS) is 11.5. The Bertz CT molecular complexity index is 1500. The van der Waals surface area contributed by atoms with Crippen LogP contribution >= 0.6 is 0 Å². The van der Waals surface area contributed by atoms with Crippen LogP contribution in [0.3, 0.4) is 0 Å². The van der Waals surface area contributed by atoms with E-state index < -0.39 is 44.6 Å². The molecule has 0 aliphatic rings. The third-order valence-corrected chi connectivity index (χ3v) is 6.49. The van der Waals surface area contributed by atoms with Crippen molar-refractivity contribution in [1.29, 1.82) is 0 Å². The number of H-pyrrole nitrogens is 1. The van der Waals surface area contributed by atoms with E-state index in [1.807, 2.05) is 4.72 Å². The van der Waals surface area contributed by atoms with Crippen molar-refractivity contribution >= 4 is 38.3 Å². The number of hydrogen-bond donors (Lipinski definition) is 3. The van der Waals surface area contributed by atoms with Crippen LogP contribution in [0.4, 0.5) is 24.5 Å². The Morgan fingerprint density at radius 2 is 1.82 bits per heavy atom. The van der Waals surface area contributed by atoms with Gasteiger partial charge in [0.1, 0.15) is 22.8 Å². The topological polar surface area (TPSA) is 104 Å². The van der Waals surface area contributed by atoms with Gasteiger partial charge in [-0.2, -0.15) is 0 Å². The minimum absolute atomic E-state index is 0.102. The van der Waals surface area contributed by atoms with Crippen molar-refractivity contribution in [3.8, 4) is 11.1 Å². The zero-order valence-electron chi connectivity index (χ0n) is 17.8. The lowest BCUT2D eigenvalue weighted by molar-refractivity contribution is 0.101. The molecule has 0 bridgehead atoms. The molecule has 2 aromatic heterocycles. The number of nitrogens with zero attached hydrogens (tertiary/aromatic N) is 1. The van der Waals surface area contributed by atoms with E-state index in [1.165, 1.54) is 18.3 Å².